The van der Waals surface area contributed by atoms with E-state index in [0.29, 0.717) is 12.3 Å². The van der Waals surface area contributed by atoms with Crippen LogP contribution >= 0.6 is 0 Å². The molecule has 3 rings (SSSR count). The van der Waals surface area contributed by atoms with E-state index in [1.165, 1.54) is 0 Å². The van der Waals surface area contributed by atoms with Crippen molar-refractivity contribution in [3.63, 3.8) is 0 Å². The molecule has 5 heteroatoms. The second-order valence-corrected chi connectivity index (χ2v) is 6.34. The molecule has 1 saturated heterocycles. The summed E-state index contributed by atoms with van der Waals surface area (Å²) in [7, 11) is 1.59. The molecule has 25 heavy (non-hydrogen) atoms. The number of anilines is 2. The van der Waals surface area contributed by atoms with Gasteiger partial charge >= 0.3 is 0 Å². The molecule has 1 atom stereocenters. The van der Waals surface area contributed by atoms with Crippen molar-refractivity contribution in [1.29, 1.82) is 0 Å². The molecule has 5 nitrogen and oxygen atoms in total. The Bertz CT molecular complexity index is 816. The van der Waals surface area contributed by atoms with Gasteiger partial charge in [-0.15, -0.1) is 0 Å². The summed E-state index contributed by atoms with van der Waals surface area (Å²) in [6.07, 6.45) is 0.216. The maximum absolute atomic E-state index is 12.6. The number of rotatable bonds is 4. The normalized spacial score (nSPS) is 16.8. The molecule has 2 amide bonds. The number of hydrogen-bond acceptors (Lipinski definition) is 3. The third-order valence-electron chi connectivity index (χ3n) is 4.72. The van der Waals surface area contributed by atoms with E-state index >= 15 is 0 Å². The topological polar surface area (TPSA) is 58.6 Å². The van der Waals surface area contributed by atoms with Gasteiger partial charge in [0.15, 0.2) is 0 Å². The molecule has 0 saturated carbocycles. The molecule has 2 aromatic carbocycles. The molecule has 0 spiro atoms. The van der Waals surface area contributed by atoms with E-state index in [1.807, 2.05) is 56.3 Å². The molecule has 1 fully saturated rings. The third kappa shape index (κ3) is 3.50. The van der Waals surface area contributed by atoms with Gasteiger partial charge in [0.05, 0.1) is 13.0 Å². The summed E-state index contributed by atoms with van der Waals surface area (Å²) in [5, 5.41) is 2.97. The average Bonchev–Trinajstić information content (AvgIpc) is 3.01. The van der Waals surface area contributed by atoms with Gasteiger partial charge in [0.25, 0.3) is 0 Å². The van der Waals surface area contributed by atoms with Crippen LogP contribution in [0.25, 0.3) is 0 Å². The smallest absolute Gasteiger partial charge is 0.229 e. The summed E-state index contributed by atoms with van der Waals surface area (Å²) < 4.78 is 5.21. The summed E-state index contributed by atoms with van der Waals surface area (Å²) in [4.78, 5) is 26.6. The Morgan fingerprint density at radius 2 is 1.96 bits per heavy atom. The fraction of sp³-hybridized carbons (Fsp3) is 0.300. The highest BCUT2D eigenvalue weighted by Gasteiger charge is 2.35. The predicted molar refractivity (Wildman–Crippen MR) is 98.0 cm³/mol. The Hall–Kier alpha value is -2.82. The molecule has 1 heterocycles. The van der Waals surface area contributed by atoms with Crippen LogP contribution in [0.1, 0.15) is 17.5 Å². The molecule has 1 aliphatic rings. The van der Waals surface area contributed by atoms with E-state index in [-0.39, 0.29) is 24.2 Å². The van der Waals surface area contributed by atoms with Crippen molar-refractivity contribution in [1.82, 2.24) is 0 Å². The summed E-state index contributed by atoms with van der Waals surface area (Å²) in [6, 6.07) is 13.1. The van der Waals surface area contributed by atoms with Gasteiger partial charge in [0.1, 0.15) is 5.75 Å². The molecule has 0 bridgehead atoms. The third-order valence-corrected chi connectivity index (χ3v) is 4.72. The van der Waals surface area contributed by atoms with Crippen molar-refractivity contribution in [2.45, 2.75) is 20.3 Å². The molecule has 0 aromatic heterocycles. The molecule has 130 valence electrons. The van der Waals surface area contributed by atoms with Crippen molar-refractivity contribution < 1.29 is 14.3 Å². The number of ether oxygens (including phenoxy) is 1. The molecule has 0 radical (unpaired) electrons. The minimum atomic E-state index is -0.362. The molecular weight excluding hydrogens is 316 g/mol. The minimum Gasteiger partial charge on any atom is -0.497 e. The quantitative estimate of drug-likeness (QED) is 0.930. The van der Waals surface area contributed by atoms with Gasteiger partial charge in [-0.1, -0.05) is 18.2 Å². The van der Waals surface area contributed by atoms with Crippen molar-refractivity contribution in [2.75, 3.05) is 23.9 Å². The molecule has 0 aliphatic carbocycles. The van der Waals surface area contributed by atoms with Gasteiger partial charge in [0, 0.05) is 30.4 Å². The SMILES string of the molecule is COc1cccc(N2C[C@H](C(=O)Nc3cccc(C)c3C)CC2=O)c1. The first-order valence-corrected chi connectivity index (χ1v) is 8.31. The maximum atomic E-state index is 12.6. The van der Waals surface area contributed by atoms with Crippen LogP contribution in [0.3, 0.4) is 0 Å². The van der Waals surface area contributed by atoms with E-state index in [1.54, 1.807) is 12.0 Å². The lowest BCUT2D eigenvalue weighted by atomic mass is 10.1. The predicted octanol–water partition coefficient (Wildman–Crippen LogP) is 3.30. The van der Waals surface area contributed by atoms with Gasteiger partial charge in [-0.3, -0.25) is 9.59 Å². The lowest BCUT2D eigenvalue weighted by molar-refractivity contribution is -0.122. The van der Waals surface area contributed by atoms with E-state index in [9.17, 15) is 9.59 Å². The molecule has 0 unspecified atom stereocenters. The summed E-state index contributed by atoms with van der Waals surface area (Å²) in [5.74, 6) is 0.161. The zero-order valence-electron chi connectivity index (χ0n) is 14.7. The number of carbonyl (C=O) groups is 2. The van der Waals surface area contributed by atoms with Crippen LogP contribution < -0.4 is 15.0 Å². The van der Waals surface area contributed by atoms with Crippen molar-refractivity contribution in [3.8, 4) is 5.75 Å². The van der Waals surface area contributed by atoms with Gasteiger partial charge in [-0.05, 0) is 43.2 Å². The second-order valence-electron chi connectivity index (χ2n) is 6.34. The van der Waals surface area contributed by atoms with Crippen molar-refractivity contribution in [3.05, 3.63) is 53.6 Å². The number of methoxy groups -OCH3 is 1. The zero-order valence-corrected chi connectivity index (χ0v) is 14.7. The van der Waals surface area contributed by atoms with Crippen LogP contribution in [0.5, 0.6) is 5.75 Å². The van der Waals surface area contributed by atoms with Crippen LogP contribution in [0.2, 0.25) is 0 Å². The lowest BCUT2D eigenvalue weighted by Gasteiger charge is -2.18. The fourth-order valence-corrected chi connectivity index (χ4v) is 3.03. The molecule has 1 aliphatic heterocycles. The first kappa shape index (κ1) is 17.0. The van der Waals surface area contributed by atoms with E-state index in [2.05, 4.69) is 5.32 Å². The Morgan fingerprint density at radius 1 is 1.20 bits per heavy atom. The van der Waals surface area contributed by atoms with Crippen LogP contribution in [0.4, 0.5) is 11.4 Å². The molecular formula is C20H22N2O3. The van der Waals surface area contributed by atoms with Crippen LogP contribution in [-0.2, 0) is 9.59 Å². The summed E-state index contributed by atoms with van der Waals surface area (Å²) >= 11 is 0. The Kier molecular flexibility index (Phi) is 4.74. The summed E-state index contributed by atoms with van der Waals surface area (Å²) in [5.41, 5.74) is 3.73. The second kappa shape index (κ2) is 6.97. The fourth-order valence-electron chi connectivity index (χ4n) is 3.03. The van der Waals surface area contributed by atoms with Gasteiger partial charge in [0.2, 0.25) is 11.8 Å². The number of nitrogens with zero attached hydrogens (tertiary/aromatic N) is 1. The minimum absolute atomic E-state index is 0.0469. The first-order valence-electron chi connectivity index (χ1n) is 8.31. The Balaban J connectivity index is 1.73. The Labute approximate surface area is 147 Å². The number of amides is 2. The number of nitrogens with one attached hydrogen (secondary N) is 1. The van der Waals surface area contributed by atoms with E-state index in [0.717, 1.165) is 22.5 Å². The van der Waals surface area contributed by atoms with Gasteiger partial charge in [-0.25, -0.2) is 0 Å². The first-order chi connectivity index (χ1) is 12.0. The zero-order chi connectivity index (χ0) is 18.0. The van der Waals surface area contributed by atoms with Gasteiger partial charge < -0.3 is 15.0 Å². The largest absolute Gasteiger partial charge is 0.497 e. The monoisotopic (exact) mass is 338 g/mol. The van der Waals surface area contributed by atoms with E-state index < -0.39 is 0 Å². The van der Waals surface area contributed by atoms with Crippen LogP contribution in [0.15, 0.2) is 42.5 Å². The average molecular weight is 338 g/mol. The molecule has 1 N–H and O–H groups in total. The van der Waals surface area contributed by atoms with Crippen molar-refractivity contribution >= 4 is 23.2 Å². The van der Waals surface area contributed by atoms with Crippen LogP contribution in [0, 0.1) is 19.8 Å². The highest BCUT2D eigenvalue weighted by Crippen LogP contribution is 2.29. The summed E-state index contributed by atoms with van der Waals surface area (Å²) in [6.45, 7) is 4.37. The highest BCUT2D eigenvalue weighted by atomic mass is 16.5. The number of carbonyl (C=O) groups excluding carboxylic acids is 2. The number of benzene rings is 2. The highest BCUT2D eigenvalue weighted by molar-refractivity contribution is 6.03. The van der Waals surface area contributed by atoms with Crippen LogP contribution in [-0.4, -0.2) is 25.5 Å². The maximum Gasteiger partial charge on any atom is 0.229 e. The number of aryl methyl sites for hydroxylation is 1. The van der Waals surface area contributed by atoms with E-state index in [4.69, 9.17) is 4.74 Å². The standard InChI is InChI=1S/C20H22N2O3/c1-13-6-4-9-18(14(13)2)21-20(24)15-10-19(23)22(12-15)16-7-5-8-17(11-16)25-3/h4-9,11,15H,10,12H2,1-3H3,(H,21,24)/t15-/m1/s1. The molecule has 2 aromatic rings. The lowest BCUT2D eigenvalue weighted by Crippen LogP contribution is -2.28. The van der Waals surface area contributed by atoms with Crippen molar-refractivity contribution in [2.24, 2.45) is 5.92 Å². The number of hydrogen-bond donors (Lipinski definition) is 1. The van der Waals surface area contributed by atoms with Gasteiger partial charge in [-0.2, -0.15) is 0 Å². The Morgan fingerprint density at radius 3 is 2.72 bits per heavy atom.